The van der Waals surface area contributed by atoms with Crippen LogP contribution in [0.15, 0.2) is 41.2 Å². The lowest BCUT2D eigenvalue weighted by atomic mass is 10.0. The minimum atomic E-state index is -1.75. The zero-order valence-corrected chi connectivity index (χ0v) is 16.3. The summed E-state index contributed by atoms with van der Waals surface area (Å²) in [6.45, 7) is 5.00. The molecule has 0 aliphatic rings. The van der Waals surface area contributed by atoms with Gasteiger partial charge in [0.2, 0.25) is 5.91 Å². The van der Waals surface area contributed by atoms with E-state index in [2.05, 4.69) is 5.10 Å². The van der Waals surface area contributed by atoms with Crippen LogP contribution in [0.1, 0.15) is 24.1 Å². The van der Waals surface area contributed by atoms with Crippen LogP contribution in [0.4, 0.5) is 23.2 Å². The van der Waals surface area contributed by atoms with Gasteiger partial charge in [0.25, 0.3) is 5.56 Å². The van der Waals surface area contributed by atoms with Gasteiger partial charge in [0.05, 0.1) is 5.69 Å². The first-order valence-electron chi connectivity index (χ1n) is 8.91. The van der Waals surface area contributed by atoms with Gasteiger partial charge in [-0.1, -0.05) is 17.7 Å². The van der Waals surface area contributed by atoms with Gasteiger partial charge in [0.1, 0.15) is 11.7 Å². The Balaban J connectivity index is 1.98. The highest BCUT2D eigenvalue weighted by atomic mass is 19.2. The molecule has 1 heterocycles. The first-order chi connectivity index (χ1) is 14.1. The predicted octanol–water partition coefficient (Wildman–Crippen LogP) is 4.28. The molecule has 0 saturated heterocycles. The molecule has 5 nitrogen and oxygen atoms in total. The molecule has 0 fully saturated rings. The van der Waals surface area contributed by atoms with Gasteiger partial charge < -0.3 is 5.32 Å². The Labute approximate surface area is 169 Å². The van der Waals surface area contributed by atoms with Crippen molar-refractivity contribution in [2.75, 3.05) is 5.32 Å². The SMILES string of the molecule is Cc1ccc(C)c(-c2ccc(=O)n([C@H](C)C(=O)Nc3c(F)c(F)cc(F)c3F)n2)c1. The quantitative estimate of drug-likeness (QED) is 0.507. The molecule has 0 aliphatic heterocycles. The Hall–Kier alpha value is -3.49. The first kappa shape index (κ1) is 21.2. The monoisotopic (exact) mass is 419 g/mol. The van der Waals surface area contributed by atoms with E-state index in [1.165, 1.54) is 19.1 Å². The number of nitrogens with one attached hydrogen (secondary N) is 1. The van der Waals surface area contributed by atoms with E-state index in [1.54, 1.807) is 5.32 Å². The normalized spacial score (nSPS) is 12.0. The zero-order chi connectivity index (χ0) is 22.2. The van der Waals surface area contributed by atoms with Crippen LogP contribution in [0.25, 0.3) is 11.3 Å². The summed E-state index contributed by atoms with van der Waals surface area (Å²) in [7, 11) is 0. The molecule has 0 spiro atoms. The van der Waals surface area contributed by atoms with Crippen molar-refractivity contribution in [3.05, 3.63) is 81.1 Å². The highest BCUT2D eigenvalue weighted by Crippen LogP contribution is 2.25. The van der Waals surface area contributed by atoms with Crippen LogP contribution in [-0.2, 0) is 4.79 Å². The molecule has 2 aromatic carbocycles. The number of hydrogen-bond donors (Lipinski definition) is 1. The van der Waals surface area contributed by atoms with E-state index in [9.17, 15) is 27.2 Å². The number of hydrogen-bond acceptors (Lipinski definition) is 3. The maximum absolute atomic E-state index is 13.8. The van der Waals surface area contributed by atoms with Crippen molar-refractivity contribution in [1.29, 1.82) is 0 Å². The van der Waals surface area contributed by atoms with Gasteiger partial charge in [0.15, 0.2) is 23.3 Å². The van der Waals surface area contributed by atoms with Gasteiger partial charge in [-0.2, -0.15) is 5.10 Å². The van der Waals surface area contributed by atoms with Crippen molar-refractivity contribution in [3.8, 4) is 11.3 Å². The van der Waals surface area contributed by atoms with Crippen molar-refractivity contribution >= 4 is 11.6 Å². The number of halogens is 4. The van der Waals surface area contributed by atoms with Gasteiger partial charge in [-0.05, 0) is 38.5 Å². The Bertz CT molecular complexity index is 1180. The first-order valence-corrected chi connectivity index (χ1v) is 8.91. The highest BCUT2D eigenvalue weighted by molar-refractivity contribution is 5.93. The molecule has 3 rings (SSSR count). The molecule has 0 bridgehead atoms. The predicted molar refractivity (Wildman–Crippen MR) is 103 cm³/mol. The highest BCUT2D eigenvalue weighted by Gasteiger charge is 2.25. The van der Waals surface area contributed by atoms with Crippen molar-refractivity contribution in [1.82, 2.24) is 9.78 Å². The van der Waals surface area contributed by atoms with Crippen LogP contribution in [-0.4, -0.2) is 15.7 Å². The van der Waals surface area contributed by atoms with Crippen LogP contribution in [0.5, 0.6) is 0 Å². The number of anilines is 1. The third kappa shape index (κ3) is 3.96. The molecule has 1 atom stereocenters. The molecule has 3 aromatic rings. The third-order valence-corrected chi connectivity index (χ3v) is 4.60. The fraction of sp³-hybridized carbons (Fsp3) is 0.190. The van der Waals surface area contributed by atoms with E-state index in [0.717, 1.165) is 21.4 Å². The number of benzene rings is 2. The second-order valence-electron chi connectivity index (χ2n) is 6.83. The summed E-state index contributed by atoms with van der Waals surface area (Å²) in [5.74, 6) is -7.91. The van der Waals surface area contributed by atoms with E-state index in [4.69, 9.17) is 0 Å². The van der Waals surface area contributed by atoms with Crippen LogP contribution in [0, 0.1) is 37.1 Å². The van der Waals surface area contributed by atoms with Crippen LogP contribution in [0.3, 0.4) is 0 Å². The average molecular weight is 419 g/mol. The Kier molecular flexibility index (Phi) is 5.73. The molecule has 156 valence electrons. The molecule has 1 amide bonds. The van der Waals surface area contributed by atoms with E-state index in [-0.39, 0.29) is 6.07 Å². The zero-order valence-electron chi connectivity index (χ0n) is 16.3. The lowest BCUT2D eigenvalue weighted by Crippen LogP contribution is -2.33. The van der Waals surface area contributed by atoms with E-state index < -0.39 is 46.5 Å². The van der Waals surface area contributed by atoms with E-state index >= 15 is 0 Å². The summed E-state index contributed by atoms with van der Waals surface area (Å²) >= 11 is 0. The maximum atomic E-state index is 13.8. The minimum absolute atomic E-state index is 0.0312. The van der Waals surface area contributed by atoms with E-state index in [0.29, 0.717) is 5.69 Å². The van der Waals surface area contributed by atoms with Gasteiger partial charge in [-0.25, -0.2) is 22.2 Å². The fourth-order valence-corrected chi connectivity index (χ4v) is 2.88. The maximum Gasteiger partial charge on any atom is 0.267 e. The lowest BCUT2D eigenvalue weighted by molar-refractivity contribution is -0.119. The van der Waals surface area contributed by atoms with Crippen LogP contribution < -0.4 is 10.9 Å². The Morgan fingerprint density at radius 3 is 2.27 bits per heavy atom. The minimum Gasteiger partial charge on any atom is -0.319 e. The molecule has 30 heavy (non-hydrogen) atoms. The summed E-state index contributed by atoms with van der Waals surface area (Å²) in [5.41, 5.74) is 1.07. The topological polar surface area (TPSA) is 64.0 Å². The summed E-state index contributed by atoms with van der Waals surface area (Å²) in [6, 6.07) is 7.05. The van der Waals surface area contributed by atoms with Gasteiger partial charge >= 0.3 is 0 Å². The molecule has 0 saturated carbocycles. The Morgan fingerprint density at radius 2 is 1.63 bits per heavy atom. The number of carbonyl (C=O) groups is 1. The van der Waals surface area contributed by atoms with Crippen molar-refractivity contribution in [3.63, 3.8) is 0 Å². The molecular weight excluding hydrogens is 402 g/mol. The molecule has 0 unspecified atom stereocenters. The number of nitrogens with zero attached hydrogens (tertiary/aromatic N) is 2. The number of aryl methyl sites for hydroxylation is 2. The van der Waals surface area contributed by atoms with Gasteiger partial charge in [-0.15, -0.1) is 0 Å². The standard InChI is InChI=1S/C21H17F4N3O2/c1-10-4-5-11(2)13(8-10)16-6-7-17(29)28(27-16)12(3)21(30)26-20-18(24)14(22)9-15(23)19(20)25/h4-9,12H,1-3H3,(H,26,30)/t12-/m1/s1. The number of carbonyl (C=O) groups excluding carboxylic acids is 1. The average Bonchev–Trinajstić information content (AvgIpc) is 2.71. The van der Waals surface area contributed by atoms with Crippen LogP contribution in [0.2, 0.25) is 0 Å². The van der Waals surface area contributed by atoms with Crippen molar-refractivity contribution < 1.29 is 22.4 Å². The Morgan fingerprint density at radius 1 is 1.00 bits per heavy atom. The molecule has 1 N–H and O–H groups in total. The molecule has 0 radical (unpaired) electrons. The van der Waals surface area contributed by atoms with Crippen molar-refractivity contribution in [2.45, 2.75) is 26.8 Å². The summed E-state index contributed by atoms with van der Waals surface area (Å²) < 4.78 is 55.2. The smallest absolute Gasteiger partial charge is 0.267 e. The number of rotatable bonds is 4. The van der Waals surface area contributed by atoms with Crippen molar-refractivity contribution in [2.24, 2.45) is 0 Å². The molecular formula is C21H17F4N3O2. The lowest BCUT2D eigenvalue weighted by Gasteiger charge is -2.16. The second-order valence-corrected chi connectivity index (χ2v) is 6.83. The summed E-state index contributed by atoms with van der Waals surface area (Å²) in [4.78, 5) is 24.7. The largest absolute Gasteiger partial charge is 0.319 e. The molecule has 1 aromatic heterocycles. The fourth-order valence-electron chi connectivity index (χ4n) is 2.88. The number of amides is 1. The summed E-state index contributed by atoms with van der Waals surface area (Å²) in [5, 5.41) is 5.99. The number of aromatic nitrogens is 2. The third-order valence-electron chi connectivity index (χ3n) is 4.60. The molecule has 0 aliphatic carbocycles. The van der Waals surface area contributed by atoms with Gasteiger partial charge in [-0.3, -0.25) is 9.59 Å². The van der Waals surface area contributed by atoms with Gasteiger partial charge in [0, 0.05) is 17.7 Å². The second kappa shape index (κ2) is 8.10. The van der Waals surface area contributed by atoms with E-state index in [1.807, 2.05) is 32.0 Å². The van der Waals surface area contributed by atoms with Crippen LogP contribution >= 0.6 is 0 Å². The summed E-state index contributed by atoms with van der Waals surface area (Å²) in [6.07, 6.45) is 0. The molecule has 9 heteroatoms.